The first-order valence-corrected chi connectivity index (χ1v) is 11.9. The number of sulfonamides is 1. The van der Waals surface area contributed by atoms with Crippen molar-refractivity contribution in [3.05, 3.63) is 47.4 Å². The summed E-state index contributed by atoms with van der Waals surface area (Å²) in [5.41, 5.74) is 9.51. The fourth-order valence-corrected chi connectivity index (χ4v) is 4.36. The van der Waals surface area contributed by atoms with E-state index < -0.39 is 10.0 Å². The minimum Gasteiger partial charge on any atom is -0.382 e. The molecular formula is C22H31N5O3S. The highest BCUT2D eigenvalue weighted by Crippen LogP contribution is 2.40. The van der Waals surface area contributed by atoms with E-state index in [1.807, 2.05) is 18.2 Å². The first-order chi connectivity index (χ1) is 14.5. The van der Waals surface area contributed by atoms with Gasteiger partial charge in [0, 0.05) is 31.5 Å². The smallest absolute Gasteiger partial charge is 0.291 e. The van der Waals surface area contributed by atoms with Crippen molar-refractivity contribution in [1.82, 2.24) is 14.3 Å². The topological polar surface area (TPSA) is 121 Å². The summed E-state index contributed by atoms with van der Waals surface area (Å²) in [5.74, 6) is 0.0455. The van der Waals surface area contributed by atoms with E-state index >= 15 is 0 Å². The third kappa shape index (κ3) is 5.74. The van der Waals surface area contributed by atoms with Crippen molar-refractivity contribution in [2.75, 3.05) is 30.9 Å². The molecule has 0 spiro atoms. The summed E-state index contributed by atoms with van der Waals surface area (Å²) in [6.45, 7) is 4.49. The predicted octanol–water partition coefficient (Wildman–Crippen LogP) is 3.27. The van der Waals surface area contributed by atoms with Gasteiger partial charge in [-0.15, -0.1) is 0 Å². The zero-order valence-corrected chi connectivity index (χ0v) is 19.3. The molecule has 1 aromatic carbocycles. The average Bonchev–Trinajstić information content (AvgIpc) is 3.14. The quantitative estimate of drug-likeness (QED) is 0.604. The summed E-state index contributed by atoms with van der Waals surface area (Å²) in [7, 11) is -0.213. The van der Waals surface area contributed by atoms with Gasteiger partial charge in [0.1, 0.15) is 5.82 Å². The minimum absolute atomic E-state index is 0.0307. The normalized spacial score (nSPS) is 16.2. The van der Waals surface area contributed by atoms with E-state index in [9.17, 15) is 13.2 Å². The van der Waals surface area contributed by atoms with E-state index in [2.05, 4.69) is 35.2 Å². The molecule has 1 heterocycles. The summed E-state index contributed by atoms with van der Waals surface area (Å²) in [5, 5.41) is 2.92. The van der Waals surface area contributed by atoms with E-state index in [-0.39, 0.29) is 28.7 Å². The van der Waals surface area contributed by atoms with Crippen molar-refractivity contribution in [1.29, 1.82) is 0 Å². The number of aromatic nitrogens is 2. The van der Waals surface area contributed by atoms with Gasteiger partial charge in [-0.25, -0.2) is 17.7 Å². The van der Waals surface area contributed by atoms with Crippen LogP contribution in [0, 0.1) is 5.41 Å². The molecule has 3 rings (SSSR count). The Balaban J connectivity index is 1.90. The first-order valence-electron chi connectivity index (χ1n) is 10.3. The molecule has 0 bridgehead atoms. The monoisotopic (exact) mass is 445 g/mol. The average molecular weight is 446 g/mol. The number of hydrogen-bond donors (Lipinski definition) is 3. The number of anilines is 2. The number of imidazole rings is 1. The summed E-state index contributed by atoms with van der Waals surface area (Å²) in [4.78, 5) is 19.4. The number of aryl methyl sites for hydroxylation is 1. The lowest BCUT2D eigenvalue weighted by Crippen LogP contribution is -2.26. The third-order valence-electron chi connectivity index (χ3n) is 5.67. The van der Waals surface area contributed by atoms with Gasteiger partial charge in [-0.2, -0.15) is 0 Å². The summed E-state index contributed by atoms with van der Waals surface area (Å²) in [6, 6.07) is 5.67. The Labute approximate surface area is 184 Å². The Hall–Kier alpha value is -2.65. The van der Waals surface area contributed by atoms with Crippen LogP contribution in [0.25, 0.3) is 5.57 Å². The molecule has 4 N–H and O–H groups in total. The molecule has 31 heavy (non-hydrogen) atoms. The Kier molecular flexibility index (Phi) is 6.56. The van der Waals surface area contributed by atoms with Crippen LogP contribution >= 0.6 is 0 Å². The lowest BCUT2D eigenvalue weighted by Gasteiger charge is -2.29. The van der Waals surface area contributed by atoms with Crippen LogP contribution in [0.2, 0.25) is 0 Å². The number of hydrogen-bond acceptors (Lipinski definition) is 5. The van der Waals surface area contributed by atoms with E-state index in [4.69, 9.17) is 5.73 Å². The molecule has 2 aromatic rings. The lowest BCUT2D eigenvalue weighted by atomic mass is 9.76. The second kappa shape index (κ2) is 8.84. The SMILES string of the molecule is CN(C)S(=O)(=O)CCc1ccc(NC(=O)c2nc(N)c[nH]2)c(C2=CCC(C)(C)CC2)c1. The molecule has 1 aliphatic rings. The zero-order chi connectivity index (χ0) is 22.8. The second-order valence-electron chi connectivity index (χ2n) is 8.95. The maximum atomic E-state index is 12.6. The van der Waals surface area contributed by atoms with Crippen LogP contribution in [0.4, 0.5) is 11.5 Å². The lowest BCUT2D eigenvalue weighted by molar-refractivity contribution is 0.101. The molecule has 9 heteroatoms. The molecule has 0 fully saturated rings. The number of nitrogen functional groups attached to an aromatic ring is 1. The summed E-state index contributed by atoms with van der Waals surface area (Å²) in [6.07, 6.45) is 6.97. The highest BCUT2D eigenvalue weighted by Gasteiger charge is 2.24. The molecule has 1 amide bonds. The van der Waals surface area contributed by atoms with Crippen LogP contribution in [0.15, 0.2) is 30.5 Å². The van der Waals surface area contributed by atoms with Crippen molar-refractivity contribution < 1.29 is 13.2 Å². The van der Waals surface area contributed by atoms with E-state index in [1.54, 1.807) is 0 Å². The number of benzene rings is 1. The van der Waals surface area contributed by atoms with Gasteiger partial charge in [-0.05, 0) is 54.4 Å². The molecule has 0 aliphatic heterocycles. The van der Waals surface area contributed by atoms with Crippen molar-refractivity contribution in [3.8, 4) is 0 Å². The molecule has 1 aliphatic carbocycles. The van der Waals surface area contributed by atoms with Gasteiger partial charge in [0.15, 0.2) is 5.82 Å². The number of H-pyrrole nitrogens is 1. The number of carbonyl (C=O) groups excluding carboxylic acids is 1. The molecular weight excluding hydrogens is 414 g/mol. The first kappa shape index (κ1) is 23.0. The molecule has 0 saturated carbocycles. The van der Waals surface area contributed by atoms with E-state index in [0.717, 1.165) is 36.0 Å². The highest BCUT2D eigenvalue weighted by molar-refractivity contribution is 7.89. The van der Waals surface area contributed by atoms with Gasteiger partial charge in [0.25, 0.3) is 5.91 Å². The number of allylic oxidation sites excluding steroid dienone is 2. The molecule has 8 nitrogen and oxygen atoms in total. The van der Waals surface area contributed by atoms with Crippen LogP contribution in [0.5, 0.6) is 0 Å². The Morgan fingerprint density at radius 2 is 2.06 bits per heavy atom. The Morgan fingerprint density at radius 3 is 2.65 bits per heavy atom. The maximum Gasteiger partial charge on any atom is 0.291 e. The van der Waals surface area contributed by atoms with Gasteiger partial charge in [0.2, 0.25) is 10.0 Å². The van der Waals surface area contributed by atoms with Crippen molar-refractivity contribution in [2.45, 2.75) is 39.5 Å². The van der Waals surface area contributed by atoms with Gasteiger partial charge < -0.3 is 16.0 Å². The number of carbonyl (C=O) groups is 1. The molecule has 0 unspecified atom stereocenters. The predicted molar refractivity (Wildman–Crippen MR) is 124 cm³/mol. The Bertz CT molecular complexity index is 1100. The van der Waals surface area contributed by atoms with Gasteiger partial charge in [-0.1, -0.05) is 26.0 Å². The molecule has 0 saturated heterocycles. The fraction of sp³-hybridized carbons (Fsp3) is 0.455. The molecule has 168 valence electrons. The Morgan fingerprint density at radius 1 is 1.32 bits per heavy atom. The molecule has 1 aromatic heterocycles. The number of nitrogens with zero attached hydrogens (tertiary/aromatic N) is 2. The summed E-state index contributed by atoms with van der Waals surface area (Å²) < 4.78 is 25.6. The number of nitrogens with two attached hydrogens (primary N) is 1. The largest absolute Gasteiger partial charge is 0.382 e. The minimum atomic E-state index is -3.29. The molecule has 0 atom stereocenters. The van der Waals surface area contributed by atoms with Crippen LogP contribution < -0.4 is 11.1 Å². The zero-order valence-electron chi connectivity index (χ0n) is 18.5. The van der Waals surface area contributed by atoms with Crippen LogP contribution in [0.1, 0.15) is 54.9 Å². The van der Waals surface area contributed by atoms with Gasteiger partial charge in [0.05, 0.1) is 5.75 Å². The summed E-state index contributed by atoms with van der Waals surface area (Å²) >= 11 is 0. The standard InChI is InChI=1S/C22H31N5O3S/c1-22(2)10-7-16(8-11-22)17-13-15(9-12-31(29,30)27(3)4)5-6-18(17)25-21(28)20-24-14-19(23)26-20/h5-7,13-14H,8-12,23H2,1-4H3,(H,24,26)(H,25,28). The van der Waals surface area contributed by atoms with Crippen molar-refractivity contribution in [3.63, 3.8) is 0 Å². The fourth-order valence-electron chi connectivity index (χ4n) is 3.51. The van der Waals surface area contributed by atoms with Crippen molar-refractivity contribution in [2.24, 2.45) is 5.41 Å². The van der Waals surface area contributed by atoms with Crippen LogP contribution in [-0.2, 0) is 16.4 Å². The van der Waals surface area contributed by atoms with Crippen molar-refractivity contribution >= 4 is 33.0 Å². The number of nitrogens with one attached hydrogen (secondary N) is 2. The van der Waals surface area contributed by atoms with Crippen LogP contribution in [0.3, 0.4) is 0 Å². The van der Waals surface area contributed by atoms with Gasteiger partial charge in [-0.3, -0.25) is 4.79 Å². The third-order valence-corrected chi connectivity index (χ3v) is 7.50. The number of aromatic amines is 1. The van der Waals surface area contributed by atoms with E-state index in [0.29, 0.717) is 12.1 Å². The maximum absolute atomic E-state index is 12.6. The van der Waals surface area contributed by atoms with Gasteiger partial charge >= 0.3 is 0 Å². The number of rotatable bonds is 7. The number of amides is 1. The highest BCUT2D eigenvalue weighted by atomic mass is 32.2. The molecule has 0 radical (unpaired) electrons. The van der Waals surface area contributed by atoms with Crippen LogP contribution in [-0.4, -0.2) is 48.4 Å². The van der Waals surface area contributed by atoms with E-state index in [1.165, 1.54) is 24.6 Å². The second-order valence-corrected chi connectivity index (χ2v) is 11.3.